The molecule has 3 nitrogen and oxygen atoms in total. The standard InChI is InChI=1S/C16H17ClFN3/c17-14-2-1-3-15(16(14)18)20-12-6-10-21(11-7-12)13-4-8-19-9-5-13/h1-5,8-9,12,20H,6-7,10-11H2. The monoisotopic (exact) mass is 305 g/mol. The summed E-state index contributed by atoms with van der Waals surface area (Å²) in [6.45, 7) is 1.90. The number of pyridine rings is 1. The second-order valence-electron chi connectivity index (χ2n) is 5.21. The minimum atomic E-state index is -0.365. The van der Waals surface area contributed by atoms with Gasteiger partial charge in [-0.25, -0.2) is 4.39 Å². The van der Waals surface area contributed by atoms with E-state index in [2.05, 4.69) is 15.2 Å². The molecule has 0 radical (unpaired) electrons. The number of nitrogens with one attached hydrogen (secondary N) is 1. The molecular weight excluding hydrogens is 289 g/mol. The van der Waals surface area contributed by atoms with Gasteiger partial charge in [0.25, 0.3) is 0 Å². The third-order valence-corrected chi connectivity index (χ3v) is 4.13. The highest BCUT2D eigenvalue weighted by Crippen LogP contribution is 2.25. The van der Waals surface area contributed by atoms with Crippen molar-refractivity contribution in [2.45, 2.75) is 18.9 Å². The predicted octanol–water partition coefficient (Wildman–Crippen LogP) is 3.96. The first-order chi connectivity index (χ1) is 10.2. The number of halogens is 2. The molecule has 1 aromatic carbocycles. The molecule has 3 rings (SSSR count). The lowest BCUT2D eigenvalue weighted by Crippen LogP contribution is -2.39. The molecule has 1 N–H and O–H groups in total. The number of benzene rings is 1. The highest BCUT2D eigenvalue weighted by Gasteiger charge is 2.20. The summed E-state index contributed by atoms with van der Waals surface area (Å²) in [5, 5.41) is 3.42. The summed E-state index contributed by atoms with van der Waals surface area (Å²) in [7, 11) is 0. The lowest BCUT2D eigenvalue weighted by atomic mass is 10.0. The Hall–Kier alpha value is -1.81. The Kier molecular flexibility index (Phi) is 4.25. The zero-order chi connectivity index (χ0) is 14.7. The van der Waals surface area contributed by atoms with Crippen molar-refractivity contribution < 1.29 is 4.39 Å². The van der Waals surface area contributed by atoms with E-state index in [1.54, 1.807) is 30.6 Å². The second-order valence-corrected chi connectivity index (χ2v) is 5.62. The number of hydrogen-bond donors (Lipinski definition) is 1. The van der Waals surface area contributed by atoms with Crippen molar-refractivity contribution in [2.75, 3.05) is 23.3 Å². The number of piperidine rings is 1. The molecule has 2 heterocycles. The van der Waals surface area contributed by atoms with Gasteiger partial charge in [-0.1, -0.05) is 17.7 Å². The van der Waals surface area contributed by atoms with Crippen LogP contribution in [0.2, 0.25) is 5.02 Å². The van der Waals surface area contributed by atoms with Crippen molar-refractivity contribution >= 4 is 23.0 Å². The number of aromatic nitrogens is 1. The van der Waals surface area contributed by atoms with Gasteiger partial charge in [0.05, 0.1) is 10.7 Å². The van der Waals surface area contributed by atoms with Crippen LogP contribution in [0.5, 0.6) is 0 Å². The van der Waals surface area contributed by atoms with E-state index < -0.39 is 0 Å². The molecule has 0 aliphatic carbocycles. The zero-order valence-electron chi connectivity index (χ0n) is 11.6. The van der Waals surface area contributed by atoms with Gasteiger partial charge in [-0.05, 0) is 37.1 Å². The van der Waals surface area contributed by atoms with E-state index in [9.17, 15) is 4.39 Å². The molecule has 0 saturated carbocycles. The summed E-state index contributed by atoms with van der Waals surface area (Å²) in [5.74, 6) is -0.365. The highest BCUT2D eigenvalue weighted by atomic mass is 35.5. The van der Waals surface area contributed by atoms with E-state index in [0.717, 1.165) is 25.9 Å². The Morgan fingerprint density at radius 3 is 2.57 bits per heavy atom. The fourth-order valence-electron chi connectivity index (χ4n) is 2.67. The van der Waals surface area contributed by atoms with E-state index >= 15 is 0 Å². The summed E-state index contributed by atoms with van der Waals surface area (Å²) in [6, 6.07) is 9.37. The van der Waals surface area contributed by atoms with E-state index in [0.29, 0.717) is 5.69 Å². The summed E-state index contributed by atoms with van der Waals surface area (Å²) < 4.78 is 13.9. The van der Waals surface area contributed by atoms with Gasteiger partial charge in [-0.2, -0.15) is 0 Å². The van der Waals surface area contributed by atoms with Gasteiger partial charge in [0, 0.05) is 37.2 Å². The summed E-state index contributed by atoms with van der Waals surface area (Å²) in [5.41, 5.74) is 1.68. The lowest BCUT2D eigenvalue weighted by Gasteiger charge is -2.34. The number of rotatable bonds is 3. The molecule has 0 spiro atoms. The minimum Gasteiger partial charge on any atom is -0.380 e. The fourth-order valence-corrected chi connectivity index (χ4v) is 2.85. The molecule has 0 amide bonds. The van der Waals surface area contributed by atoms with E-state index in [4.69, 9.17) is 11.6 Å². The number of hydrogen-bond acceptors (Lipinski definition) is 3. The van der Waals surface area contributed by atoms with Gasteiger partial charge < -0.3 is 10.2 Å². The molecule has 1 fully saturated rings. The SMILES string of the molecule is Fc1c(Cl)cccc1NC1CCN(c2ccncc2)CC1. The normalized spacial score (nSPS) is 16.0. The van der Waals surface area contributed by atoms with Crippen molar-refractivity contribution in [2.24, 2.45) is 0 Å². The summed E-state index contributed by atoms with van der Waals surface area (Å²) in [4.78, 5) is 6.36. The average molecular weight is 306 g/mol. The Labute approximate surface area is 128 Å². The van der Waals surface area contributed by atoms with Crippen LogP contribution in [0.1, 0.15) is 12.8 Å². The fraction of sp³-hybridized carbons (Fsp3) is 0.312. The van der Waals surface area contributed by atoms with Gasteiger partial charge in [0.15, 0.2) is 5.82 Å². The molecule has 1 saturated heterocycles. The molecule has 2 aromatic rings. The molecule has 0 unspecified atom stereocenters. The van der Waals surface area contributed by atoms with Gasteiger partial charge in [-0.15, -0.1) is 0 Å². The Bertz CT molecular complexity index is 598. The Balaban J connectivity index is 1.60. The van der Waals surface area contributed by atoms with Gasteiger partial charge in [-0.3, -0.25) is 4.98 Å². The third-order valence-electron chi connectivity index (χ3n) is 3.83. The number of nitrogens with zero attached hydrogens (tertiary/aromatic N) is 2. The maximum atomic E-state index is 13.9. The van der Waals surface area contributed by atoms with E-state index in [1.165, 1.54) is 5.69 Å². The average Bonchev–Trinajstić information content (AvgIpc) is 2.53. The van der Waals surface area contributed by atoms with Gasteiger partial charge in [0.1, 0.15) is 0 Å². The van der Waals surface area contributed by atoms with Crippen LogP contribution in [0.25, 0.3) is 0 Å². The predicted molar refractivity (Wildman–Crippen MR) is 84.5 cm³/mol. The first kappa shape index (κ1) is 14.1. The van der Waals surface area contributed by atoms with Crippen LogP contribution in [0, 0.1) is 5.82 Å². The topological polar surface area (TPSA) is 28.2 Å². The van der Waals surface area contributed by atoms with Crippen LogP contribution in [0.4, 0.5) is 15.8 Å². The Morgan fingerprint density at radius 2 is 1.86 bits per heavy atom. The Morgan fingerprint density at radius 1 is 1.14 bits per heavy atom. The first-order valence-electron chi connectivity index (χ1n) is 7.09. The molecule has 5 heteroatoms. The third kappa shape index (κ3) is 3.27. The molecule has 1 aromatic heterocycles. The van der Waals surface area contributed by atoms with Gasteiger partial charge >= 0.3 is 0 Å². The van der Waals surface area contributed by atoms with Crippen molar-refractivity contribution in [1.82, 2.24) is 4.98 Å². The molecule has 21 heavy (non-hydrogen) atoms. The van der Waals surface area contributed by atoms with Crippen LogP contribution < -0.4 is 10.2 Å². The highest BCUT2D eigenvalue weighted by molar-refractivity contribution is 6.31. The summed E-state index contributed by atoms with van der Waals surface area (Å²) in [6.07, 6.45) is 5.55. The maximum absolute atomic E-state index is 13.9. The van der Waals surface area contributed by atoms with Crippen LogP contribution >= 0.6 is 11.6 Å². The quantitative estimate of drug-likeness (QED) is 0.930. The van der Waals surface area contributed by atoms with Crippen LogP contribution in [-0.2, 0) is 0 Å². The summed E-state index contributed by atoms with van der Waals surface area (Å²) >= 11 is 5.81. The van der Waals surface area contributed by atoms with Crippen LogP contribution in [0.15, 0.2) is 42.7 Å². The molecular formula is C16H17ClFN3. The van der Waals surface area contributed by atoms with E-state index in [-0.39, 0.29) is 16.9 Å². The molecule has 1 aliphatic heterocycles. The first-order valence-corrected chi connectivity index (χ1v) is 7.47. The number of anilines is 2. The largest absolute Gasteiger partial charge is 0.380 e. The van der Waals surface area contributed by atoms with Crippen molar-refractivity contribution in [3.8, 4) is 0 Å². The van der Waals surface area contributed by atoms with E-state index in [1.807, 2.05) is 12.1 Å². The van der Waals surface area contributed by atoms with Crippen LogP contribution in [0.3, 0.4) is 0 Å². The van der Waals surface area contributed by atoms with Crippen molar-refractivity contribution in [1.29, 1.82) is 0 Å². The lowest BCUT2D eigenvalue weighted by molar-refractivity contribution is 0.522. The second kappa shape index (κ2) is 6.31. The van der Waals surface area contributed by atoms with Crippen LogP contribution in [-0.4, -0.2) is 24.1 Å². The van der Waals surface area contributed by atoms with Crippen molar-refractivity contribution in [3.63, 3.8) is 0 Å². The van der Waals surface area contributed by atoms with Gasteiger partial charge in [0.2, 0.25) is 0 Å². The molecule has 0 atom stereocenters. The molecule has 110 valence electrons. The minimum absolute atomic E-state index is 0.161. The van der Waals surface area contributed by atoms with Crippen molar-refractivity contribution in [3.05, 3.63) is 53.6 Å². The zero-order valence-corrected chi connectivity index (χ0v) is 12.4. The molecule has 1 aliphatic rings. The maximum Gasteiger partial charge on any atom is 0.164 e. The smallest absolute Gasteiger partial charge is 0.164 e. The molecule has 0 bridgehead atoms.